The molecule has 1 N–H and O–H groups in total. The first-order valence-electron chi connectivity index (χ1n) is 7.59. The molecule has 0 atom stereocenters. The van der Waals surface area contributed by atoms with Crippen LogP contribution in [-0.4, -0.2) is 22.0 Å². The Hall–Kier alpha value is -2.32. The van der Waals surface area contributed by atoms with Crippen molar-refractivity contribution < 1.29 is 13.9 Å². The van der Waals surface area contributed by atoms with Crippen LogP contribution in [0.5, 0.6) is 11.5 Å². The Morgan fingerprint density at radius 2 is 2.00 bits per heavy atom. The van der Waals surface area contributed by atoms with Crippen LogP contribution in [-0.2, 0) is 13.2 Å². The second-order valence-corrected chi connectivity index (χ2v) is 6.55. The molecular weight excluding hydrogens is 427 g/mol. The number of methoxy groups -OCH3 is 1. The molecule has 0 radical (unpaired) electrons. The fourth-order valence-corrected chi connectivity index (χ4v) is 2.98. The lowest BCUT2D eigenvalue weighted by atomic mass is 10.1. The van der Waals surface area contributed by atoms with Crippen molar-refractivity contribution in [3.8, 4) is 11.5 Å². The van der Waals surface area contributed by atoms with E-state index in [2.05, 4.69) is 31.6 Å². The number of benzene rings is 2. The number of rotatable bonds is 7. The van der Waals surface area contributed by atoms with Crippen LogP contribution in [0.25, 0.3) is 0 Å². The number of nitrogens with one attached hydrogen (secondary N) is 1. The molecule has 1 heterocycles. The monoisotopic (exact) mass is 440 g/mol. The molecule has 6 nitrogen and oxygen atoms in total. The second kappa shape index (κ2) is 8.37. The van der Waals surface area contributed by atoms with Crippen molar-refractivity contribution >= 4 is 27.5 Å². The fraction of sp³-hybridized carbons (Fsp3) is 0.176. The zero-order chi connectivity index (χ0) is 18.5. The highest BCUT2D eigenvalue weighted by molar-refractivity contribution is 9.10. The summed E-state index contributed by atoms with van der Waals surface area (Å²) in [6.07, 6.45) is 3.10. The molecular formula is C17H15BrClFN4O2. The summed E-state index contributed by atoms with van der Waals surface area (Å²) < 4.78 is 27.1. The molecule has 26 heavy (non-hydrogen) atoms. The predicted molar refractivity (Wildman–Crippen MR) is 99.5 cm³/mol. The van der Waals surface area contributed by atoms with Crippen LogP contribution in [0.4, 0.5) is 4.39 Å². The van der Waals surface area contributed by atoms with Gasteiger partial charge in [-0.05, 0) is 24.3 Å². The molecule has 0 bridgehead atoms. The number of ether oxygens (including phenoxy) is 2. The molecule has 2 aromatic carbocycles. The summed E-state index contributed by atoms with van der Waals surface area (Å²) in [5.74, 6) is 0.743. The van der Waals surface area contributed by atoms with Gasteiger partial charge in [-0.25, -0.2) is 9.07 Å². The average Bonchev–Trinajstić information content (AvgIpc) is 3.14. The van der Waals surface area contributed by atoms with E-state index >= 15 is 0 Å². The Kier molecular flexibility index (Phi) is 5.95. The average molecular weight is 442 g/mol. The van der Waals surface area contributed by atoms with Gasteiger partial charge in [0.15, 0.2) is 11.5 Å². The highest BCUT2D eigenvalue weighted by atomic mass is 79.9. The third kappa shape index (κ3) is 4.25. The number of nitrogens with zero attached hydrogens (tertiary/aromatic N) is 3. The van der Waals surface area contributed by atoms with Gasteiger partial charge in [-0.2, -0.15) is 0 Å². The van der Waals surface area contributed by atoms with Gasteiger partial charge in [-0.15, -0.1) is 10.2 Å². The lowest BCUT2D eigenvalue weighted by Crippen LogP contribution is -2.14. The molecule has 0 amide bonds. The molecule has 0 unspecified atom stereocenters. The number of aromatic nitrogens is 3. The van der Waals surface area contributed by atoms with Gasteiger partial charge in [0.2, 0.25) is 0 Å². The van der Waals surface area contributed by atoms with Crippen molar-refractivity contribution in [1.82, 2.24) is 14.9 Å². The van der Waals surface area contributed by atoms with E-state index in [-0.39, 0.29) is 6.61 Å². The Balaban J connectivity index is 1.84. The van der Waals surface area contributed by atoms with Crippen LogP contribution in [0, 0.1) is 5.82 Å². The van der Waals surface area contributed by atoms with E-state index in [1.807, 2.05) is 6.07 Å². The van der Waals surface area contributed by atoms with Crippen LogP contribution in [0.3, 0.4) is 0 Å². The predicted octanol–water partition coefficient (Wildman–Crippen LogP) is 4.16. The molecule has 0 fully saturated rings. The normalized spacial score (nSPS) is 10.6. The molecule has 3 rings (SSSR count). The standard InChI is InChI=1S/C17H15BrClFN4O2/c1-25-16-5-4-14(18)13(7-23-24-9-21-22-10-24)17(16)26-8-11-2-3-12(20)6-15(11)19/h2-6,9-10,23H,7-8H2,1H3. The highest BCUT2D eigenvalue weighted by Gasteiger charge is 2.16. The molecule has 1 aromatic heterocycles. The largest absolute Gasteiger partial charge is 0.493 e. The molecule has 0 aliphatic heterocycles. The fourth-order valence-electron chi connectivity index (χ4n) is 2.31. The summed E-state index contributed by atoms with van der Waals surface area (Å²) in [4.78, 5) is 0. The van der Waals surface area contributed by atoms with Gasteiger partial charge in [0, 0.05) is 15.6 Å². The van der Waals surface area contributed by atoms with Crippen LogP contribution >= 0.6 is 27.5 Å². The van der Waals surface area contributed by atoms with Crippen LogP contribution < -0.4 is 14.9 Å². The summed E-state index contributed by atoms with van der Waals surface area (Å²) >= 11 is 9.61. The quantitative estimate of drug-likeness (QED) is 0.596. The Bertz CT molecular complexity index is 893. The summed E-state index contributed by atoms with van der Waals surface area (Å²) in [5.41, 5.74) is 4.66. The minimum atomic E-state index is -0.391. The molecule has 0 saturated heterocycles. The third-order valence-electron chi connectivity index (χ3n) is 3.63. The summed E-state index contributed by atoms with van der Waals surface area (Å²) in [6.45, 7) is 0.605. The van der Waals surface area contributed by atoms with Gasteiger partial charge in [0.25, 0.3) is 0 Å². The van der Waals surface area contributed by atoms with E-state index in [0.717, 1.165) is 10.0 Å². The maximum atomic E-state index is 13.2. The zero-order valence-corrected chi connectivity index (χ0v) is 16.1. The van der Waals surface area contributed by atoms with Crippen LogP contribution in [0.1, 0.15) is 11.1 Å². The van der Waals surface area contributed by atoms with Crippen molar-refractivity contribution in [1.29, 1.82) is 0 Å². The van der Waals surface area contributed by atoms with E-state index in [9.17, 15) is 4.39 Å². The minimum Gasteiger partial charge on any atom is -0.493 e. The first-order valence-corrected chi connectivity index (χ1v) is 8.76. The van der Waals surface area contributed by atoms with Crippen molar-refractivity contribution in [2.45, 2.75) is 13.2 Å². The van der Waals surface area contributed by atoms with Crippen molar-refractivity contribution in [2.24, 2.45) is 0 Å². The van der Waals surface area contributed by atoms with Gasteiger partial charge in [-0.3, -0.25) is 0 Å². The summed E-state index contributed by atoms with van der Waals surface area (Å²) in [6, 6.07) is 7.87. The lowest BCUT2D eigenvalue weighted by molar-refractivity contribution is 0.281. The molecule has 0 aliphatic carbocycles. The van der Waals surface area contributed by atoms with Crippen molar-refractivity contribution in [3.63, 3.8) is 0 Å². The Morgan fingerprint density at radius 3 is 2.69 bits per heavy atom. The van der Waals surface area contributed by atoms with E-state index < -0.39 is 5.82 Å². The third-order valence-corrected chi connectivity index (χ3v) is 4.73. The second-order valence-electron chi connectivity index (χ2n) is 5.29. The Labute approximate surface area is 163 Å². The molecule has 0 spiro atoms. The minimum absolute atomic E-state index is 0.172. The SMILES string of the molecule is COc1ccc(Br)c(CNn2cnnc2)c1OCc1ccc(F)cc1Cl. The maximum absolute atomic E-state index is 13.2. The number of hydrogen-bond acceptors (Lipinski definition) is 5. The van der Waals surface area contributed by atoms with Crippen LogP contribution in [0.2, 0.25) is 5.02 Å². The topological polar surface area (TPSA) is 61.2 Å². The van der Waals surface area contributed by atoms with Gasteiger partial charge < -0.3 is 14.9 Å². The number of halogens is 3. The number of hydrogen-bond donors (Lipinski definition) is 1. The summed E-state index contributed by atoms with van der Waals surface area (Å²) in [5, 5.41) is 7.80. The van der Waals surface area contributed by atoms with Gasteiger partial charge >= 0.3 is 0 Å². The van der Waals surface area contributed by atoms with E-state index in [1.165, 1.54) is 12.1 Å². The zero-order valence-electron chi connectivity index (χ0n) is 13.7. The van der Waals surface area contributed by atoms with Gasteiger partial charge in [0.05, 0.1) is 18.7 Å². The molecule has 0 saturated carbocycles. The smallest absolute Gasteiger partial charge is 0.167 e. The first kappa shape index (κ1) is 18.5. The van der Waals surface area contributed by atoms with Crippen molar-refractivity contribution in [3.05, 3.63) is 69.4 Å². The molecule has 9 heteroatoms. The molecule has 136 valence electrons. The van der Waals surface area contributed by atoms with Crippen molar-refractivity contribution in [2.75, 3.05) is 12.5 Å². The lowest BCUT2D eigenvalue weighted by Gasteiger charge is -2.18. The van der Waals surface area contributed by atoms with E-state index in [1.54, 1.807) is 36.6 Å². The first-order chi connectivity index (χ1) is 12.6. The van der Waals surface area contributed by atoms with Crippen LogP contribution in [0.15, 0.2) is 47.5 Å². The maximum Gasteiger partial charge on any atom is 0.167 e. The van der Waals surface area contributed by atoms with E-state index in [4.69, 9.17) is 21.1 Å². The van der Waals surface area contributed by atoms with E-state index in [0.29, 0.717) is 28.6 Å². The molecule has 3 aromatic rings. The Morgan fingerprint density at radius 1 is 1.23 bits per heavy atom. The molecule has 0 aliphatic rings. The highest BCUT2D eigenvalue weighted by Crippen LogP contribution is 2.37. The van der Waals surface area contributed by atoms with Gasteiger partial charge in [0.1, 0.15) is 25.1 Å². The van der Waals surface area contributed by atoms with Gasteiger partial charge in [-0.1, -0.05) is 33.6 Å². The summed E-state index contributed by atoms with van der Waals surface area (Å²) in [7, 11) is 1.57.